The van der Waals surface area contributed by atoms with Crippen LogP contribution < -0.4 is 4.74 Å². The summed E-state index contributed by atoms with van der Waals surface area (Å²) in [5, 5.41) is 0. The summed E-state index contributed by atoms with van der Waals surface area (Å²) in [6, 6.07) is 4.25. The Labute approximate surface area is 146 Å². The van der Waals surface area contributed by atoms with Crippen molar-refractivity contribution in [3.8, 4) is 17.1 Å². The van der Waals surface area contributed by atoms with Gasteiger partial charge in [0, 0.05) is 24.4 Å². The number of ether oxygens (including phenoxy) is 1. The molecule has 2 aromatic heterocycles. The number of benzene rings is 1. The zero-order valence-electron chi connectivity index (χ0n) is 15.0. The summed E-state index contributed by atoms with van der Waals surface area (Å²) >= 11 is 0. The smallest absolute Gasteiger partial charge is 0.304 e. The molecular formula is C19H22N4O2. The lowest BCUT2D eigenvalue weighted by Gasteiger charge is -2.09. The molecule has 6 heteroatoms. The summed E-state index contributed by atoms with van der Waals surface area (Å²) in [6.45, 7) is 6.22. The van der Waals surface area contributed by atoms with Crippen LogP contribution in [0.1, 0.15) is 37.0 Å². The molecule has 3 aromatic rings. The average molecular weight is 338 g/mol. The summed E-state index contributed by atoms with van der Waals surface area (Å²) in [4.78, 5) is 25.3. The molecule has 3 rings (SSSR count). The molecule has 0 saturated carbocycles. The highest BCUT2D eigenvalue weighted by Crippen LogP contribution is 2.30. The summed E-state index contributed by atoms with van der Waals surface area (Å²) in [7, 11) is 1.53. The van der Waals surface area contributed by atoms with Gasteiger partial charge in [-0.1, -0.05) is 13.8 Å². The molecule has 0 N–H and O–H groups in total. The number of nitrogens with zero attached hydrogens (tertiary/aromatic N) is 4. The number of methoxy groups -OCH3 is 1. The highest BCUT2D eigenvalue weighted by atomic mass is 16.5. The van der Waals surface area contributed by atoms with Crippen LogP contribution in [0.4, 0.5) is 0 Å². The van der Waals surface area contributed by atoms with Crippen molar-refractivity contribution in [3.05, 3.63) is 36.4 Å². The van der Waals surface area contributed by atoms with E-state index in [1.807, 2.05) is 19.1 Å². The number of aryl methyl sites for hydroxylation is 1. The number of aromatic nitrogens is 4. The highest BCUT2D eigenvalue weighted by molar-refractivity contribution is 5.94. The maximum absolute atomic E-state index is 12.7. The highest BCUT2D eigenvalue weighted by Gasteiger charge is 2.19. The van der Waals surface area contributed by atoms with Gasteiger partial charge in [-0.15, -0.1) is 0 Å². The molecule has 130 valence electrons. The molecule has 0 bridgehead atoms. The molecule has 0 aliphatic carbocycles. The molecule has 2 heterocycles. The SMILES string of the molecule is COc1nc2cc(-c3cncnc3)c(C)cc2n1C(=O)CCC(C)C. The normalized spacial score (nSPS) is 11.2. The summed E-state index contributed by atoms with van der Waals surface area (Å²) in [5.74, 6) is 0.472. The van der Waals surface area contributed by atoms with E-state index in [1.54, 1.807) is 17.0 Å². The Morgan fingerprint density at radius 3 is 2.60 bits per heavy atom. The van der Waals surface area contributed by atoms with Gasteiger partial charge in [0.1, 0.15) is 6.33 Å². The van der Waals surface area contributed by atoms with Crippen LogP contribution in [0.5, 0.6) is 6.01 Å². The van der Waals surface area contributed by atoms with Gasteiger partial charge in [0.15, 0.2) is 0 Å². The number of rotatable bonds is 5. The van der Waals surface area contributed by atoms with Crippen LogP contribution in [0.15, 0.2) is 30.9 Å². The van der Waals surface area contributed by atoms with Gasteiger partial charge in [-0.05, 0) is 42.5 Å². The summed E-state index contributed by atoms with van der Waals surface area (Å²) < 4.78 is 6.93. The zero-order chi connectivity index (χ0) is 18.0. The first-order chi connectivity index (χ1) is 12.0. The van der Waals surface area contributed by atoms with E-state index in [1.165, 1.54) is 13.4 Å². The second-order valence-electron chi connectivity index (χ2n) is 6.54. The van der Waals surface area contributed by atoms with Gasteiger partial charge in [0.05, 0.1) is 18.1 Å². The standard InChI is InChI=1S/C19H22N4O2/c1-12(2)5-6-18(24)23-17-7-13(3)15(14-9-20-11-21-10-14)8-16(17)22-19(23)25-4/h7-12H,5-6H2,1-4H3. The molecule has 0 saturated heterocycles. The van der Waals surface area contributed by atoms with Crippen molar-refractivity contribution in [2.75, 3.05) is 7.11 Å². The Bertz CT molecular complexity index is 901. The monoisotopic (exact) mass is 338 g/mol. The van der Waals surface area contributed by atoms with E-state index in [0.717, 1.165) is 34.1 Å². The maximum atomic E-state index is 12.7. The minimum absolute atomic E-state index is 0.00300. The Morgan fingerprint density at radius 2 is 1.96 bits per heavy atom. The zero-order valence-corrected chi connectivity index (χ0v) is 15.0. The summed E-state index contributed by atoms with van der Waals surface area (Å²) in [6.07, 6.45) is 6.34. The molecule has 25 heavy (non-hydrogen) atoms. The van der Waals surface area contributed by atoms with Crippen molar-refractivity contribution >= 4 is 16.9 Å². The van der Waals surface area contributed by atoms with Crippen molar-refractivity contribution in [1.82, 2.24) is 19.5 Å². The quantitative estimate of drug-likeness (QED) is 0.706. The van der Waals surface area contributed by atoms with Gasteiger partial charge < -0.3 is 4.74 Å². The van der Waals surface area contributed by atoms with Crippen LogP contribution in [0.3, 0.4) is 0 Å². The second-order valence-corrected chi connectivity index (χ2v) is 6.54. The van der Waals surface area contributed by atoms with Crippen molar-refractivity contribution in [3.63, 3.8) is 0 Å². The van der Waals surface area contributed by atoms with Gasteiger partial charge in [-0.25, -0.2) is 14.5 Å². The summed E-state index contributed by atoms with van der Waals surface area (Å²) in [5.41, 5.74) is 4.43. The molecule has 0 amide bonds. The van der Waals surface area contributed by atoms with Crippen molar-refractivity contribution in [2.45, 2.75) is 33.6 Å². The fraction of sp³-hybridized carbons (Fsp3) is 0.368. The van der Waals surface area contributed by atoms with Crippen LogP contribution in [-0.2, 0) is 0 Å². The first-order valence-corrected chi connectivity index (χ1v) is 8.37. The first-order valence-electron chi connectivity index (χ1n) is 8.37. The van der Waals surface area contributed by atoms with Gasteiger partial charge in [0.2, 0.25) is 5.91 Å². The van der Waals surface area contributed by atoms with Gasteiger partial charge in [-0.3, -0.25) is 4.79 Å². The molecule has 1 aromatic carbocycles. The molecule has 0 unspecified atom stereocenters. The van der Waals surface area contributed by atoms with Crippen LogP contribution >= 0.6 is 0 Å². The van der Waals surface area contributed by atoms with Crippen LogP contribution in [-0.4, -0.2) is 32.5 Å². The minimum atomic E-state index is 0.00300. The first kappa shape index (κ1) is 17.1. The molecule has 0 aliphatic rings. The number of carbonyl (C=O) groups excluding carboxylic acids is 1. The molecule has 0 spiro atoms. The van der Waals surface area contributed by atoms with E-state index < -0.39 is 0 Å². The molecule has 0 radical (unpaired) electrons. The van der Waals surface area contributed by atoms with E-state index >= 15 is 0 Å². The molecule has 0 aliphatic heterocycles. The molecular weight excluding hydrogens is 316 g/mol. The van der Waals surface area contributed by atoms with E-state index in [9.17, 15) is 4.79 Å². The Morgan fingerprint density at radius 1 is 1.24 bits per heavy atom. The lowest BCUT2D eigenvalue weighted by atomic mass is 10.0. The van der Waals surface area contributed by atoms with Gasteiger partial charge >= 0.3 is 6.01 Å². The van der Waals surface area contributed by atoms with E-state index in [2.05, 4.69) is 28.8 Å². The minimum Gasteiger partial charge on any atom is -0.468 e. The molecule has 0 fully saturated rings. The third-order valence-electron chi connectivity index (χ3n) is 4.21. The number of imidazole rings is 1. The fourth-order valence-corrected chi connectivity index (χ4v) is 2.86. The second kappa shape index (κ2) is 7.01. The topological polar surface area (TPSA) is 69.9 Å². The van der Waals surface area contributed by atoms with Crippen LogP contribution in [0, 0.1) is 12.8 Å². The largest absolute Gasteiger partial charge is 0.468 e. The van der Waals surface area contributed by atoms with E-state index in [4.69, 9.17) is 4.74 Å². The number of hydrogen-bond acceptors (Lipinski definition) is 5. The molecule has 0 atom stereocenters. The lowest BCUT2D eigenvalue weighted by Crippen LogP contribution is -2.13. The number of hydrogen-bond donors (Lipinski definition) is 0. The fourth-order valence-electron chi connectivity index (χ4n) is 2.86. The third-order valence-corrected chi connectivity index (χ3v) is 4.21. The Balaban J connectivity index is 2.10. The van der Waals surface area contributed by atoms with E-state index in [0.29, 0.717) is 18.3 Å². The molecule has 6 nitrogen and oxygen atoms in total. The van der Waals surface area contributed by atoms with Crippen LogP contribution in [0.2, 0.25) is 0 Å². The van der Waals surface area contributed by atoms with Gasteiger partial charge in [-0.2, -0.15) is 4.98 Å². The Kier molecular flexibility index (Phi) is 4.79. The number of fused-ring (bicyclic) bond motifs is 1. The van der Waals surface area contributed by atoms with Gasteiger partial charge in [0.25, 0.3) is 0 Å². The third kappa shape index (κ3) is 3.38. The maximum Gasteiger partial charge on any atom is 0.304 e. The Hall–Kier alpha value is -2.76. The predicted molar refractivity (Wildman–Crippen MR) is 96.7 cm³/mol. The lowest BCUT2D eigenvalue weighted by molar-refractivity contribution is 0.0889. The predicted octanol–water partition coefficient (Wildman–Crippen LogP) is 3.89. The number of carbonyl (C=O) groups is 1. The average Bonchev–Trinajstić information content (AvgIpc) is 2.97. The van der Waals surface area contributed by atoms with Crippen molar-refractivity contribution < 1.29 is 9.53 Å². The van der Waals surface area contributed by atoms with Crippen molar-refractivity contribution in [1.29, 1.82) is 0 Å². The van der Waals surface area contributed by atoms with E-state index in [-0.39, 0.29) is 5.91 Å². The van der Waals surface area contributed by atoms with Crippen molar-refractivity contribution in [2.24, 2.45) is 5.92 Å². The van der Waals surface area contributed by atoms with Crippen LogP contribution in [0.25, 0.3) is 22.2 Å².